The summed E-state index contributed by atoms with van der Waals surface area (Å²) >= 11 is 0. The zero-order valence-corrected chi connectivity index (χ0v) is 12.4. The van der Waals surface area contributed by atoms with E-state index in [4.69, 9.17) is 4.74 Å². The van der Waals surface area contributed by atoms with Gasteiger partial charge < -0.3 is 9.94 Å². The van der Waals surface area contributed by atoms with Crippen LogP contribution in [0.15, 0.2) is 60.7 Å². The third kappa shape index (κ3) is 1.92. The van der Waals surface area contributed by atoms with Gasteiger partial charge in [-0.15, -0.1) is 0 Å². The molecule has 0 aliphatic carbocycles. The first-order valence-electron chi connectivity index (χ1n) is 7.26. The summed E-state index contributed by atoms with van der Waals surface area (Å²) < 4.78 is 5.87. The predicted molar refractivity (Wildman–Crippen MR) is 88.7 cm³/mol. The molecule has 0 atom stereocenters. The Balaban J connectivity index is 1.96. The number of ether oxygens (including phenoxy) is 1. The lowest BCUT2D eigenvalue weighted by atomic mass is 9.97. The van der Waals surface area contributed by atoms with Crippen molar-refractivity contribution in [3.63, 3.8) is 0 Å². The van der Waals surface area contributed by atoms with Crippen molar-refractivity contribution >= 4 is 28.0 Å². The molecule has 0 N–H and O–H groups in total. The van der Waals surface area contributed by atoms with Crippen LogP contribution in [0.5, 0.6) is 5.75 Å². The lowest BCUT2D eigenvalue weighted by molar-refractivity contribution is -0.355. The number of fused-ring (bicyclic) bond motifs is 2. The first-order valence-corrected chi connectivity index (χ1v) is 7.26. The number of nitrogens with zero attached hydrogens (tertiary/aromatic N) is 1. The summed E-state index contributed by atoms with van der Waals surface area (Å²) in [5, 5.41) is 14.5. The maximum Gasteiger partial charge on any atom is 0.273 e. The van der Waals surface area contributed by atoms with E-state index in [9.17, 15) is 10.0 Å². The molecule has 0 fully saturated rings. The zero-order chi connectivity index (χ0) is 16.0. The van der Waals surface area contributed by atoms with E-state index < -0.39 is 0 Å². The fraction of sp³-hybridized carbons (Fsp3) is 0.0526. The molecule has 0 spiro atoms. The summed E-state index contributed by atoms with van der Waals surface area (Å²) in [5.74, 6) is 0.287. The molecule has 0 unspecified atom stereocenters. The number of carbonyl (C=O) groups is 1. The Bertz CT molecular complexity index is 984. The van der Waals surface area contributed by atoms with E-state index in [1.165, 1.54) is 7.11 Å². The second-order valence-corrected chi connectivity index (χ2v) is 5.38. The van der Waals surface area contributed by atoms with Crippen LogP contribution in [-0.2, 0) is 0 Å². The first-order chi connectivity index (χ1) is 11.2. The van der Waals surface area contributed by atoms with Gasteiger partial charge in [-0.1, -0.05) is 36.4 Å². The van der Waals surface area contributed by atoms with Crippen LogP contribution in [-0.4, -0.2) is 23.3 Å². The number of ketones is 1. The lowest BCUT2D eigenvalue weighted by Crippen LogP contribution is -2.17. The number of Topliss-reactive ketones (excluding diaryl/α,β-unsaturated/α-hetero) is 1. The monoisotopic (exact) mass is 303 g/mol. The van der Waals surface area contributed by atoms with Crippen molar-refractivity contribution in [2.45, 2.75) is 0 Å². The Morgan fingerprint density at radius 1 is 0.957 bits per heavy atom. The van der Waals surface area contributed by atoms with E-state index in [1.54, 1.807) is 18.2 Å². The molecule has 0 amide bonds. The fourth-order valence-electron chi connectivity index (χ4n) is 3.00. The Labute approximate surface area is 132 Å². The zero-order valence-electron chi connectivity index (χ0n) is 12.4. The molecule has 4 nitrogen and oxygen atoms in total. The van der Waals surface area contributed by atoms with Gasteiger partial charge >= 0.3 is 0 Å². The van der Waals surface area contributed by atoms with Crippen LogP contribution in [0.1, 0.15) is 15.9 Å². The van der Waals surface area contributed by atoms with Crippen LogP contribution in [0.4, 0.5) is 5.69 Å². The van der Waals surface area contributed by atoms with E-state index in [2.05, 4.69) is 0 Å². The minimum absolute atomic E-state index is 0.157. The van der Waals surface area contributed by atoms with E-state index in [1.807, 2.05) is 42.5 Å². The van der Waals surface area contributed by atoms with Gasteiger partial charge in [0.25, 0.3) is 11.5 Å². The second-order valence-electron chi connectivity index (χ2n) is 5.38. The highest BCUT2D eigenvalue weighted by molar-refractivity contribution is 6.53. The third-order valence-electron chi connectivity index (χ3n) is 4.13. The van der Waals surface area contributed by atoms with E-state index in [-0.39, 0.29) is 11.5 Å². The minimum atomic E-state index is -0.273. The van der Waals surface area contributed by atoms with Gasteiger partial charge in [0.05, 0.1) is 12.7 Å². The molecule has 1 aliphatic rings. The van der Waals surface area contributed by atoms with Crippen LogP contribution in [0.25, 0.3) is 10.8 Å². The van der Waals surface area contributed by atoms with Crippen LogP contribution >= 0.6 is 0 Å². The molecule has 4 heteroatoms. The molecule has 3 aromatic carbocycles. The average molecular weight is 303 g/mol. The summed E-state index contributed by atoms with van der Waals surface area (Å²) in [5.41, 5.74) is 1.55. The van der Waals surface area contributed by atoms with E-state index >= 15 is 0 Å². The largest absolute Gasteiger partial charge is 0.618 e. The maximum atomic E-state index is 12.8. The third-order valence-corrected chi connectivity index (χ3v) is 4.13. The van der Waals surface area contributed by atoms with Gasteiger partial charge in [-0.25, -0.2) is 0 Å². The van der Waals surface area contributed by atoms with Crippen molar-refractivity contribution < 1.29 is 14.3 Å². The standard InChI is InChI=1S/C19H13NO3/c1-23-13-9-10-17-16(11-13)19(21)18(20(17)22)15-8-4-6-12-5-2-3-7-14(12)15/h2-11H,1H3. The molecule has 0 saturated heterocycles. The number of carbonyl (C=O) groups excluding carboxylic acids is 1. The minimum Gasteiger partial charge on any atom is -0.618 e. The van der Waals surface area contributed by atoms with Crippen molar-refractivity contribution in [1.29, 1.82) is 0 Å². The van der Waals surface area contributed by atoms with Gasteiger partial charge in [-0.05, 0) is 29.0 Å². The maximum absolute atomic E-state index is 12.8. The Morgan fingerprint density at radius 3 is 2.57 bits per heavy atom. The predicted octanol–water partition coefficient (Wildman–Crippen LogP) is 3.68. The Morgan fingerprint density at radius 2 is 1.74 bits per heavy atom. The quantitative estimate of drug-likeness (QED) is 0.536. The van der Waals surface area contributed by atoms with Gasteiger partial charge in [-0.2, -0.15) is 4.74 Å². The SMILES string of the molecule is COc1ccc2c(c1)C(=O)C(c1cccc3ccccc13)=[N+]2[O-]. The lowest BCUT2D eigenvalue weighted by Gasteiger charge is -2.05. The molecular formula is C19H13NO3. The first kappa shape index (κ1) is 13.5. The summed E-state index contributed by atoms with van der Waals surface area (Å²) in [6, 6.07) is 18.3. The van der Waals surface area contributed by atoms with Crippen molar-refractivity contribution in [1.82, 2.24) is 0 Å². The number of rotatable bonds is 2. The van der Waals surface area contributed by atoms with Crippen molar-refractivity contribution in [2.75, 3.05) is 7.11 Å². The number of benzene rings is 3. The van der Waals surface area contributed by atoms with E-state index in [0.717, 1.165) is 15.5 Å². The Hall–Kier alpha value is -3.14. The fourth-order valence-corrected chi connectivity index (χ4v) is 3.00. The van der Waals surface area contributed by atoms with Gasteiger partial charge in [-0.3, -0.25) is 4.79 Å². The smallest absolute Gasteiger partial charge is 0.273 e. The number of methoxy groups -OCH3 is 1. The summed E-state index contributed by atoms with van der Waals surface area (Å²) in [7, 11) is 1.53. The molecule has 3 aromatic rings. The van der Waals surface area contributed by atoms with Crippen LogP contribution in [0.3, 0.4) is 0 Å². The highest BCUT2D eigenvalue weighted by Gasteiger charge is 2.37. The molecule has 0 bridgehead atoms. The molecule has 0 radical (unpaired) electrons. The van der Waals surface area contributed by atoms with Gasteiger partial charge in [0, 0.05) is 6.07 Å². The molecule has 23 heavy (non-hydrogen) atoms. The van der Waals surface area contributed by atoms with Gasteiger partial charge in [0.1, 0.15) is 11.3 Å². The van der Waals surface area contributed by atoms with Crippen LogP contribution in [0.2, 0.25) is 0 Å². The molecule has 1 aliphatic heterocycles. The number of hydrogen-bond acceptors (Lipinski definition) is 3. The highest BCUT2D eigenvalue weighted by Crippen LogP contribution is 2.32. The van der Waals surface area contributed by atoms with Gasteiger partial charge in [0.2, 0.25) is 5.69 Å². The summed E-state index contributed by atoms with van der Waals surface area (Å²) in [6.07, 6.45) is 0. The van der Waals surface area contributed by atoms with Crippen molar-refractivity contribution in [3.8, 4) is 5.75 Å². The molecular weight excluding hydrogens is 290 g/mol. The highest BCUT2D eigenvalue weighted by atomic mass is 16.5. The molecule has 0 saturated carbocycles. The average Bonchev–Trinajstić information content (AvgIpc) is 2.85. The topological polar surface area (TPSA) is 52.4 Å². The molecule has 112 valence electrons. The van der Waals surface area contributed by atoms with Crippen molar-refractivity contribution in [3.05, 3.63) is 77.0 Å². The molecule has 1 heterocycles. The second kappa shape index (κ2) is 4.95. The normalized spacial score (nSPS) is 13.5. The van der Waals surface area contributed by atoms with Crippen LogP contribution < -0.4 is 4.74 Å². The summed E-state index contributed by atoms with van der Waals surface area (Å²) in [6.45, 7) is 0. The van der Waals surface area contributed by atoms with E-state index in [0.29, 0.717) is 22.6 Å². The van der Waals surface area contributed by atoms with Gasteiger partial charge in [0.15, 0.2) is 0 Å². The molecule has 0 aromatic heterocycles. The van der Waals surface area contributed by atoms with Crippen molar-refractivity contribution in [2.24, 2.45) is 0 Å². The number of hydrogen-bond donors (Lipinski definition) is 0. The molecule has 4 rings (SSSR count). The van der Waals surface area contributed by atoms with Crippen LogP contribution in [0, 0.1) is 5.21 Å². The Kier molecular flexibility index (Phi) is 2.91. The summed E-state index contributed by atoms with van der Waals surface area (Å²) in [4.78, 5) is 12.8.